The lowest BCUT2D eigenvalue weighted by molar-refractivity contribution is -0.140. The van der Waals surface area contributed by atoms with Gasteiger partial charge in [-0.25, -0.2) is 4.39 Å². The largest absolute Gasteiger partial charge is 0.419 e. The molecule has 0 saturated heterocycles. The summed E-state index contributed by atoms with van der Waals surface area (Å²) in [5, 5.41) is 3.20. The Balaban J connectivity index is 3.29. The zero-order chi connectivity index (χ0) is 15.6. The Morgan fingerprint density at radius 2 is 1.75 bits per heavy atom. The van der Waals surface area contributed by atoms with E-state index < -0.39 is 17.6 Å². The van der Waals surface area contributed by atoms with E-state index in [1.165, 1.54) is 6.07 Å². The predicted molar refractivity (Wildman–Crippen MR) is 71.9 cm³/mol. The molecule has 0 radical (unpaired) electrons. The van der Waals surface area contributed by atoms with Gasteiger partial charge in [0, 0.05) is 6.04 Å². The van der Waals surface area contributed by atoms with Crippen molar-refractivity contribution in [2.75, 3.05) is 6.54 Å². The highest BCUT2D eigenvalue weighted by Crippen LogP contribution is 2.39. The number of hydrogen-bond acceptors (Lipinski definition) is 1. The summed E-state index contributed by atoms with van der Waals surface area (Å²) < 4.78 is 51.7. The molecule has 0 aliphatic heterocycles. The van der Waals surface area contributed by atoms with Crippen molar-refractivity contribution in [1.29, 1.82) is 0 Å². The Bertz CT molecular complexity index is 452. The van der Waals surface area contributed by atoms with Crippen LogP contribution in [0.5, 0.6) is 0 Å². The maximum atomic E-state index is 13.4. The van der Waals surface area contributed by atoms with Gasteiger partial charge in [0.1, 0.15) is 5.82 Å². The lowest BCUT2D eigenvalue weighted by atomic mass is 9.78. The third-order valence-corrected chi connectivity index (χ3v) is 3.73. The fourth-order valence-corrected chi connectivity index (χ4v) is 2.19. The molecular formula is C15H21F4N. The third kappa shape index (κ3) is 3.72. The maximum absolute atomic E-state index is 13.4. The fraction of sp³-hybridized carbons (Fsp3) is 0.600. The molecule has 114 valence electrons. The minimum atomic E-state index is -4.67. The molecule has 1 aromatic rings. The van der Waals surface area contributed by atoms with E-state index in [4.69, 9.17) is 0 Å². The smallest absolute Gasteiger partial charge is 0.310 e. The van der Waals surface area contributed by atoms with Crippen molar-refractivity contribution < 1.29 is 17.6 Å². The number of nitrogens with one attached hydrogen (secondary N) is 1. The van der Waals surface area contributed by atoms with Crippen LogP contribution in [0.4, 0.5) is 17.6 Å². The van der Waals surface area contributed by atoms with E-state index in [9.17, 15) is 17.6 Å². The molecule has 1 aromatic carbocycles. The van der Waals surface area contributed by atoms with Gasteiger partial charge in [0.15, 0.2) is 0 Å². The van der Waals surface area contributed by atoms with Crippen LogP contribution in [0.25, 0.3) is 0 Å². The average molecular weight is 291 g/mol. The summed E-state index contributed by atoms with van der Waals surface area (Å²) in [5.74, 6) is -1.23. The van der Waals surface area contributed by atoms with E-state index in [1.807, 2.05) is 27.7 Å². The van der Waals surface area contributed by atoms with Gasteiger partial charge >= 0.3 is 6.18 Å². The van der Waals surface area contributed by atoms with Crippen molar-refractivity contribution in [1.82, 2.24) is 5.32 Å². The first-order valence-electron chi connectivity index (χ1n) is 6.73. The van der Waals surface area contributed by atoms with Crippen molar-refractivity contribution in [3.63, 3.8) is 0 Å². The van der Waals surface area contributed by atoms with Crippen molar-refractivity contribution in [2.45, 2.75) is 46.3 Å². The van der Waals surface area contributed by atoms with Crippen LogP contribution in [-0.4, -0.2) is 6.54 Å². The fourth-order valence-electron chi connectivity index (χ4n) is 2.19. The molecule has 0 aliphatic rings. The van der Waals surface area contributed by atoms with Crippen LogP contribution >= 0.6 is 0 Å². The van der Waals surface area contributed by atoms with Crippen molar-refractivity contribution in [3.8, 4) is 0 Å². The molecule has 0 saturated carbocycles. The van der Waals surface area contributed by atoms with Gasteiger partial charge in [-0.15, -0.1) is 0 Å². The minimum Gasteiger partial charge on any atom is -0.310 e. The molecule has 0 bridgehead atoms. The Hall–Kier alpha value is -1.10. The molecule has 5 heteroatoms. The van der Waals surface area contributed by atoms with Gasteiger partial charge < -0.3 is 5.32 Å². The van der Waals surface area contributed by atoms with Gasteiger partial charge in [-0.1, -0.05) is 33.8 Å². The SMILES string of the molecule is CCNC(c1ccc(F)c(C(F)(F)F)c1)C(C)(C)CC. The molecule has 0 spiro atoms. The molecule has 1 atom stereocenters. The molecule has 1 rings (SSSR count). The Morgan fingerprint density at radius 3 is 2.20 bits per heavy atom. The van der Waals surface area contributed by atoms with E-state index in [2.05, 4.69) is 5.32 Å². The number of alkyl halides is 3. The molecular weight excluding hydrogens is 270 g/mol. The molecule has 0 aliphatic carbocycles. The van der Waals surface area contributed by atoms with Crippen LogP contribution in [0.2, 0.25) is 0 Å². The normalized spacial score (nSPS) is 14.4. The van der Waals surface area contributed by atoms with Crippen LogP contribution in [0.15, 0.2) is 18.2 Å². The monoisotopic (exact) mass is 291 g/mol. The van der Waals surface area contributed by atoms with E-state index in [-0.39, 0.29) is 11.5 Å². The second kappa shape index (κ2) is 6.12. The van der Waals surface area contributed by atoms with Crippen LogP contribution in [0, 0.1) is 11.2 Å². The van der Waals surface area contributed by atoms with Gasteiger partial charge in [-0.3, -0.25) is 0 Å². The maximum Gasteiger partial charge on any atom is 0.419 e. The molecule has 1 unspecified atom stereocenters. The second-order valence-corrected chi connectivity index (χ2v) is 5.57. The summed E-state index contributed by atoms with van der Waals surface area (Å²) in [6.07, 6.45) is -3.88. The number of halogens is 4. The second-order valence-electron chi connectivity index (χ2n) is 5.57. The summed E-state index contributed by atoms with van der Waals surface area (Å²) in [6, 6.07) is 2.99. The molecule has 0 aromatic heterocycles. The van der Waals surface area contributed by atoms with Gasteiger partial charge in [0.05, 0.1) is 5.56 Å². The zero-order valence-electron chi connectivity index (χ0n) is 12.2. The number of rotatable bonds is 5. The highest BCUT2D eigenvalue weighted by Gasteiger charge is 2.36. The molecule has 0 amide bonds. The van der Waals surface area contributed by atoms with Crippen LogP contribution < -0.4 is 5.32 Å². The molecule has 0 heterocycles. The topological polar surface area (TPSA) is 12.0 Å². The molecule has 0 fully saturated rings. The standard InChI is InChI=1S/C15H21F4N/c1-5-14(3,4)13(20-6-2)10-7-8-12(16)11(9-10)15(17,18)19/h7-9,13,20H,5-6H2,1-4H3. The predicted octanol–water partition coefficient (Wildman–Crippen LogP) is 4.93. The first-order chi connectivity index (χ1) is 9.13. The third-order valence-electron chi connectivity index (χ3n) is 3.73. The molecule has 20 heavy (non-hydrogen) atoms. The number of hydrogen-bond donors (Lipinski definition) is 1. The van der Waals surface area contributed by atoms with Crippen LogP contribution in [0.3, 0.4) is 0 Å². The Kier molecular flexibility index (Phi) is 5.19. The molecule has 1 nitrogen and oxygen atoms in total. The quantitative estimate of drug-likeness (QED) is 0.758. The van der Waals surface area contributed by atoms with Gasteiger partial charge in [-0.2, -0.15) is 13.2 Å². The number of benzene rings is 1. The highest BCUT2D eigenvalue weighted by atomic mass is 19.4. The van der Waals surface area contributed by atoms with Gasteiger partial charge in [0.2, 0.25) is 0 Å². The van der Waals surface area contributed by atoms with E-state index in [0.29, 0.717) is 12.1 Å². The summed E-state index contributed by atoms with van der Waals surface area (Å²) >= 11 is 0. The summed E-state index contributed by atoms with van der Waals surface area (Å²) in [4.78, 5) is 0. The van der Waals surface area contributed by atoms with Gasteiger partial charge in [-0.05, 0) is 36.1 Å². The first kappa shape index (κ1) is 17.0. The van der Waals surface area contributed by atoms with Crippen molar-refractivity contribution in [2.24, 2.45) is 5.41 Å². The van der Waals surface area contributed by atoms with Crippen LogP contribution in [0.1, 0.15) is 51.3 Å². The van der Waals surface area contributed by atoms with E-state index in [0.717, 1.165) is 18.6 Å². The molecule has 1 N–H and O–H groups in total. The van der Waals surface area contributed by atoms with Gasteiger partial charge in [0.25, 0.3) is 0 Å². The Labute approximate surface area is 117 Å². The lowest BCUT2D eigenvalue weighted by Gasteiger charge is -2.35. The van der Waals surface area contributed by atoms with Crippen LogP contribution in [-0.2, 0) is 6.18 Å². The van der Waals surface area contributed by atoms with Crippen molar-refractivity contribution >= 4 is 0 Å². The minimum absolute atomic E-state index is 0.225. The van der Waals surface area contributed by atoms with E-state index in [1.54, 1.807) is 0 Å². The highest BCUT2D eigenvalue weighted by molar-refractivity contribution is 5.30. The summed E-state index contributed by atoms with van der Waals surface area (Å²) in [6.45, 7) is 8.48. The lowest BCUT2D eigenvalue weighted by Crippen LogP contribution is -2.34. The first-order valence-corrected chi connectivity index (χ1v) is 6.73. The Morgan fingerprint density at radius 1 is 1.15 bits per heavy atom. The van der Waals surface area contributed by atoms with E-state index >= 15 is 0 Å². The van der Waals surface area contributed by atoms with Crippen molar-refractivity contribution in [3.05, 3.63) is 35.1 Å². The summed E-state index contributed by atoms with van der Waals surface area (Å²) in [7, 11) is 0. The average Bonchev–Trinajstić information content (AvgIpc) is 2.35. The zero-order valence-corrected chi connectivity index (χ0v) is 12.2. The summed E-state index contributed by atoms with van der Waals surface area (Å²) in [5.41, 5.74) is -0.964.